The summed E-state index contributed by atoms with van der Waals surface area (Å²) in [6, 6.07) is 0. The number of carboxylic acids is 2. The molecule has 0 fully saturated rings. The second kappa shape index (κ2) is 28.3. The minimum atomic E-state index is -1.04. The van der Waals surface area contributed by atoms with Crippen molar-refractivity contribution < 1.29 is 59.8 Å². The summed E-state index contributed by atoms with van der Waals surface area (Å²) in [6.07, 6.45) is 4.72. The third-order valence-electron chi connectivity index (χ3n) is 6.48. The van der Waals surface area contributed by atoms with Crippen molar-refractivity contribution in [3.63, 3.8) is 0 Å². The van der Waals surface area contributed by atoms with Crippen LogP contribution in [0.15, 0.2) is 0 Å². The van der Waals surface area contributed by atoms with Gasteiger partial charge in [0, 0.05) is 71.7 Å². The SMILES string of the molecule is O=C(O)CCCCCNC(=O)CCCCCNC(=O)CN(CCN(CCOO)CCOO)CCN(CCOO)CC(=O)O. The molecule has 17 nitrogen and oxygen atoms in total. The van der Waals surface area contributed by atoms with Crippen molar-refractivity contribution in [2.45, 2.75) is 51.4 Å². The van der Waals surface area contributed by atoms with E-state index in [-0.39, 0.29) is 57.7 Å². The van der Waals surface area contributed by atoms with E-state index in [0.717, 1.165) is 19.3 Å². The number of unbranched alkanes of at least 4 members (excludes halogenated alkanes) is 4. The molecule has 0 aliphatic rings. The van der Waals surface area contributed by atoms with Gasteiger partial charge < -0.3 is 20.8 Å². The number of carbonyl (C=O) groups excluding carboxylic acids is 2. The van der Waals surface area contributed by atoms with Crippen LogP contribution in [0.2, 0.25) is 0 Å². The van der Waals surface area contributed by atoms with Crippen molar-refractivity contribution in [3.05, 3.63) is 0 Å². The van der Waals surface area contributed by atoms with Gasteiger partial charge in [0.25, 0.3) is 0 Å². The molecule has 7 N–H and O–H groups in total. The van der Waals surface area contributed by atoms with E-state index in [4.69, 9.17) is 20.9 Å². The maximum absolute atomic E-state index is 12.7. The minimum Gasteiger partial charge on any atom is -0.481 e. The summed E-state index contributed by atoms with van der Waals surface area (Å²) in [5.74, 6) is -2.12. The monoisotopic (exact) mass is 625 g/mol. The fraction of sp³-hybridized carbons (Fsp3) is 0.846. The Hall–Kier alpha value is -2.48. The highest BCUT2D eigenvalue weighted by Gasteiger charge is 2.16. The summed E-state index contributed by atoms with van der Waals surface area (Å²) in [4.78, 5) is 64.0. The van der Waals surface area contributed by atoms with Gasteiger partial charge >= 0.3 is 11.9 Å². The zero-order valence-corrected chi connectivity index (χ0v) is 25.0. The van der Waals surface area contributed by atoms with Crippen LogP contribution >= 0.6 is 0 Å². The van der Waals surface area contributed by atoms with Crippen LogP contribution in [0.4, 0.5) is 0 Å². The summed E-state index contributed by atoms with van der Waals surface area (Å²) in [7, 11) is 0. The highest BCUT2D eigenvalue weighted by atomic mass is 17.1. The Morgan fingerprint density at radius 3 is 1.42 bits per heavy atom. The number of nitrogens with one attached hydrogen (secondary N) is 2. The molecule has 0 aromatic carbocycles. The predicted octanol–water partition coefficient (Wildman–Crippen LogP) is -0.116. The second-order valence-corrected chi connectivity index (χ2v) is 10.0. The number of carboxylic acid groups (broad SMARTS) is 2. The lowest BCUT2D eigenvalue weighted by Crippen LogP contribution is -2.46. The lowest BCUT2D eigenvalue weighted by molar-refractivity contribution is -0.251. The van der Waals surface area contributed by atoms with Crippen LogP contribution in [-0.2, 0) is 33.8 Å². The molecule has 252 valence electrons. The number of aliphatic carboxylic acids is 2. The molecule has 0 aromatic heterocycles. The van der Waals surface area contributed by atoms with E-state index in [2.05, 4.69) is 25.3 Å². The first kappa shape index (κ1) is 40.5. The molecule has 2 amide bonds. The van der Waals surface area contributed by atoms with Gasteiger partial charge in [-0.05, 0) is 25.7 Å². The van der Waals surface area contributed by atoms with Gasteiger partial charge in [0.05, 0.1) is 32.9 Å². The lowest BCUT2D eigenvalue weighted by atomic mass is 10.1. The first-order valence-electron chi connectivity index (χ1n) is 14.6. The number of carbonyl (C=O) groups is 4. The maximum Gasteiger partial charge on any atom is 0.317 e. The van der Waals surface area contributed by atoms with E-state index in [1.165, 1.54) is 0 Å². The molecule has 17 heteroatoms. The Bertz CT molecular complexity index is 741. The summed E-state index contributed by atoms with van der Waals surface area (Å²) >= 11 is 0. The van der Waals surface area contributed by atoms with Crippen LogP contribution < -0.4 is 10.6 Å². The molecule has 0 saturated carbocycles. The van der Waals surface area contributed by atoms with Gasteiger partial charge in [-0.15, -0.1) is 0 Å². The average molecular weight is 626 g/mol. The van der Waals surface area contributed by atoms with Crippen molar-refractivity contribution in [2.24, 2.45) is 0 Å². The van der Waals surface area contributed by atoms with E-state index < -0.39 is 11.9 Å². The standard InChI is InChI=1S/C26H51N5O12/c32-23(27-9-6-2-4-8-25(34)35)7-3-1-5-10-28-24(33)21-30(12-11-29(15-18-41-38)16-19-42-39)13-14-31(17-20-43-40)22-26(36)37/h38-40H,1-22H2,(H,27,32)(H,28,33)(H,34,35)(H,36,37). The first-order valence-corrected chi connectivity index (χ1v) is 14.6. The molecule has 0 atom stereocenters. The fourth-order valence-electron chi connectivity index (χ4n) is 4.11. The molecule has 0 aliphatic carbocycles. The van der Waals surface area contributed by atoms with Crippen LogP contribution in [0.1, 0.15) is 51.4 Å². The van der Waals surface area contributed by atoms with E-state index >= 15 is 0 Å². The molecule has 0 spiro atoms. The molecule has 0 bridgehead atoms. The normalized spacial score (nSPS) is 11.4. The van der Waals surface area contributed by atoms with Gasteiger partial charge in [-0.25, -0.2) is 14.7 Å². The molecule has 0 unspecified atom stereocenters. The topological polar surface area (TPSA) is 231 Å². The van der Waals surface area contributed by atoms with E-state index in [0.29, 0.717) is 78.0 Å². The molecule has 0 rings (SSSR count). The van der Waals surface area contributed by atoms with E-state index in [9.17, 15) is 24.3 Å². The maximum atomic E-state index is 12.7. The van der Waals surface area contributed by atoms with Gasteiger partial charge in [-0.3, -0.25) is 49.6 Å². The summed E-state index contributed by atoms with van der Waals surface area (Å²) in [5, 5.41) is 49.5. The zero-order chi connectivity index (χ0) is 32.1. The smallest absolute Gasteiger partial charge is 0.317 e. The molecule has 0 heterocycles. The molecular formula is C26H51N5O12. The van der Waals surface area contributed by atoms with Crippen molar-refractivity contribution in [3.8, 4) is 0 Å². The van der Waals surface area contributed by atoms with Crippen molar-refractivity contribution in [1.29, 1.82) is 0 Å². The minimum absolute atomic E-state index is 0.0374. The third kappa shape index (κ3) is 26.8. The van der Waals surface area contributed by atoms with Gasteiger partial charge in [0.1, 0.15) is 0 Å². The fourth-order valence-corrected chi connectivity index (χ4v) is 4.11. The van der Waals surface area contributed by atoms with E-state index in [1.807, 2.05) is 9.80 Å². The average Bonchev–Trinajstić information content (AvgIpc) is 2.96. The van der Waals surface area contributed by atoms with Crippen LogP contribution in [0.25, 0.3) is 0 Å². The Labute approximate surface area is 252 Å². The Morgan fingerprint density at radius 2 is 0.930 bits per heavy atom. The molecule has 43 heavy (non-hydrogen) atoms. The Morgan fingerprint density at radius 1 is 0.488 bits per heavy atom. The zero-order valence-electron chi connectivity index (χ0n) is 25.0. The highest BCUT2D eigenvalue weighted by molar-refractivity contribution is 5.78. The van der Waals surface area contributed by atoms with Crippen LogP contribution in [0, 0.1) is 0 Å². The second-order valence-electron chi connectivity index (χ2n) is 10.0. The van der Waals surface area contributed by atoms with Gasteiger partial charge in [0.2, 0.25) is 11.8 Å². The molecular weight excluding hydrogens is 574 g/mol. The summed E-state index contributed by atoms with van der Waals surface area (Å²) < 4.78 is 0. The van der Waals surface area contributed by atoms with Crippen LogP contribution in [0.5, 0.6) is 0 Å². The van der Waals surface area contributed by atoms with Crippen molar-refractivity contribution in [1.82, 2.24) is 25.3 Å². The van der Waals surface area contributed by atoms with E-state index in [1.54, 1.807) is 4.90 Å². The van der Waals surface area contributed by atoms with Gasteiger partial charge in [-0.2, -0.15) is 0 Å². The quantitative estimate of drug-likeness (QED) is 0.0302. The molecule has 0 saturated heterocycles. The number of nitrogens with zero attached hydrogens (tertiary/aromatic N) is 3. The Balaban J connectivity index is 4.60. The predicted molar refractivity (Wildman–Crippen MR) is 153 cm³/mol. The van der Waals surface area contributed by atoms with Gasteiger partial charge in [0.15, 0.2) is 0 Å². The number of amides is 2. The summed E-state index contributed by atoms with van der Waals surface area (Å²) in [6.45, 7) is 3.14. The highest BCUT2D eigenvalue weighted by Crippen LogP contribution is 2.02. The Kier molecular flexibility index (Phi) is 26.7. The van der Waals surface area contributed by atoms with Crippen molar-refractivity contribution >= 4 is 23.8 Å². The van der Waals surface area contributed by atoms with Crippen molar-refractivity contribution in [2.75, 3.05) is 91.8 Å². The van der Waals surface area contributed by atoms with Crippen LogP contribution in [-0.4, -0.2) is 156 Å². The molecule has 0 radical (unpaired) electrons. The first-order chi connectivity index (χ1) is 20.7. The van der Waals surface area contributed by atoms with Crippen LogP contribution in [0.3, 0.4) is 0 Å². The van der Waals surface area contributed by atoms with Gasteiger partial charge in [-0.1, -0.05) is 12.8 Å². The number of rotatable bonds is 31. The summed E-state index contributed by atoms with van der Waals surface area (Å²) in [5.41, 5.74) is 0. The number of hydrogen-bond acceptors (Lipinski definition) is 13. The molecule has 0 aromatic rings. The largest absolute Gasteiger partial charge is 0.481 e. The lowest BCUT2D eigenvalue weighted by Gasteiger charge is -2.29. The third-order valence-corrected chi connectivity index (χ3v) is 6.48. The number of hydrogen-bond donors (Lipinski definition) is 7. The molecule has 0 aliphatic heterocycles.